The van der Waals surface area contributed by atoms with Gasteiger partial charge in [0.05, 0.1) is 10.7 Å². The molecule has 1 aliphatic carbocycles. The molecule has 0 saturated carbocycles. The lowest BCUT2D eigenvalue weighted by Crippen LogP contribution is -2.19. The molecular formula is C15H19N3S. The minimum atomic E-state index is 0.165. The van der Waals surface area contributed by atoms with E-state index >= 15 is 0 Å². The van der Waals surface area contributed by atoms with Crippen molar-refractivity contribution in [2.75, 3.05) is 0 Å². The number of aromatic nitrogens is 1. The topological polar surface area (TPSA) is 50.9 Å². The molecule has 1 aromatic carbocycles. The number of thiazole rings is 1. The van der Waals surface area contributed by atoms with E-state index in [2.05, 4.69) is 48.4 Å². The Balaban J connectivity index is 1.74. The molecule has 3 rings (SSSR count). The van der Waals surface area contributed by atoms with E-state index in [1.165, 1.54) is 16.0 Å². The summed E-state index contributed by atoms with van der Waals surface area (Å²) >= 11 is 1.77. The zero-order valence-electron chi connectivity index (χ0n) is 11.3. The molecule has 4 heteroatoms. The molecule has 1 aromatic heterocycles. The van der Waals surface area contributed by atoms with Crippen molar-refractivity contribution in [3.63, 3.8) is 0 Å². The molecule has 2 aromatic rings. The first-order valence-corrected chi connectivity index (χ1v) is 7.47. The SMILES string of the molecule is Cc1nc(C)c(CNC2CC(N)c3ccccc32)s1. The van der Waals surface area contributed by atoms with Crippen LogP contribution < -0.4 is 11.1 Å². The standard InChI is InChI=1S/C15H19N3S/c1-9-15(19-10(2)18-9)8-17-14-7-13(16)11-5-3-4-6-12(11)14/h3-6,13-14,17H,7-8,16H2,1-2H3. The molecule has 19 heavy (non-hydrogen) atoms. The van der Waals surface area contributed by atoms with E-state index in [0.29, 0.717) is 6.04 Å². The Labute approximate surface area is 117 Å². The van der Waals surface area contributed by atoms with E-state index < -0.39 is 0 Å². The molecule has 3 N–H and O–H groups in total. The lowest BCUT2D eigenvalue weighted by molar-refractivity contribution is 0.500. The van der Waals surface area contributed by atoms with Crippen molar-refractivity contribution in [2.24, 2.45) is 5.73 Å². The highest BCUT2D eigenvalue weighted by atomic mass is 32.1. The van der Waals surface area contributed by atoms with Crippen LogP contribution in [0.25, 0.3) is 0 Å². The lowest BCUT2D eigenvalue weighted by atomic mass is 10.1. The van der Waals surface area contributed by atoms with Gasteiger partial charge in [-0.15, -0.1) is 11.3 Å². The third kappa shape index (κ3) is 2.43. The Morgan fingerprint density at radius 1 is 1.32 bits per heavy atom. The van der Waals surface area contributed by atoms with Crippen molar-refractivity contribution in [3.8, 4) is 0 Å². The number of nitrogens with two attached hydrogens (primary N) is 1. The number of hydrogen-bond acceptors (Lipinski definition) is 4. The molecule has 0 radical (unpaired) electrons. The van der Waals surface area contributed by atoms with Gasteiger partial charge in [-0.25, -0.2) is 4.98 Å². The van der Waals surface area contributed by atoms with Crippen molar-refractivity contribution in [2.45, 2.75) is 38.9 Å². The molecular weight excluding hydrogens is 254 g/mol. The van der Waals surface area contributed by atoms with Gasteiger partial charge in [-0.1, -0.05) is 24.3 Å². The average Bonchev–Trinajstić information content (AvgIpc) is 2.88. The molecule has 0 spiro atoms. The highest BCUT2D eigenvalue weighted by molar-refractivity contribution is 7.11. The molecule has 1 heterocycles. The largest absolute Gasteiger partial charge is 0.324 e. The Kier molecular flexibility index (Phi) is 3.39. The number of rotatable bonds is 3. The van der Waals surface area contributed by atoms with Gasteiger partial charge in [0.2, 0.25) is 0 Å². The van der Waals surface area contributed by atoms with Crippen LogP contribution in [-0.2, 0) is 6.54 Å². The van der Waals surface area contributed by atoms with Gasteiger partial charge in [-0.3, -0.25) is 0 Å². The van der Waals surface area contributed by atoms with Crippen molar-refractivity contribution in [1.82, 2.24) is 10.3 Å². The summed E-state index contributed by atoms with van der Waals surface area (Å²) in [6.07, 6.45) is 0.982. The lowest BCUT2D eigenvalue weighted by Gasteiger charge is -2.13. The maximum atomic E-state index is 6.19. The number of nitrogens with zero attached hydrogens (tertiary/aromatic N) is 1. The fourth-order valence-corrected chi connectivity index (χ4v) is 3.71. The third-order valence-electron chi connectivity index (χ3n) is 3.77. The predicted octanol–water partition coefficient (Wildman–Crippen LogP) is 2.99. The Morgan fingerprint density at radius 3 is 2.74 bits per heavy atom. The van der Waals surface area contributed by atoms with Gasteiger partial charge in [0.25, 0.3) is 0 Å². The number of hydrogen-bond donors (Lipinski definition) is 2. The monoisotopic (exact) mass is 273 g/mol. The highest BCUT2D eigenvalue weighted by Crippen LogP contribution is 2.37. The molecule has 1 aliphatic rings. The van der Waals surface area contributed by atoms with E-state index in [4.69, 9.17) is 5.73 Å². The van der Waals surface area contributed by atoms with Crippen molar-refractivity contribution in [3.05, 3.63) is 51.0 Å². The number of aryl methyl sites for hydroxylation is 2. The maximum absolute atomic E-state index is 6.19. The summed E-state index contributed by atoms with van der Waals surface area (Å²) in [6.45, 7) is 5.01. The van der Waals surface area contributed by atoms with E-state index in [0.717, 1.165) is 23.7 Å². The first kappa shape index (κ1) is 12.8. The molecule has 0 fully saturated rings. The molecule has 0 amide bonds. The minimum absolute atomic E-state index is 0.165. The van der Waals surface area contributed by atoms with E-state index in [1.807, 2.05) is 0 Å². The molecule has 3 nitrogen and oxygen atoms in total. The predicted molar refractivity (Wildman–Crippen MR) is 79.2 cm³/mol. The molecule has 0 saturated heterocycles. The first-order valence-electron chi connectivity index (χ1n) is 6.66. The smallest absolute Gasteiger partial charge is 0.0900 e. The summed E-state index contributed by atoms with van der Waals surface area (Å²) < 4.78 is 0. The normalized spacial score (nSPS) is 21.6. The Hall–Kier alpha value is -1.23. The Morgan fingerprint density at radius 2 is 2.05 bits per heavy atom. The average molecular weight is 273 g/mol. The Bertz CT molecular complexity index is 591. The van der Waals surface area contributed by atoms with E-state index in [-0.39, 0.29) is 6.04 Å². The second-order valence-electron chi connectivity index (χ2n) is 5.15. The summed E-state index contributed by atoms with van der Waals surface area (Å²) in [6, 6.07) is 9.02. The molecule has 0 bridgehead atoms. The summed E-state index contributed by atoms with van der Waals surface area (Å²) in [5.41, 5.74) is 9.98. The number of benzene rings is 1. The second kappa shape index (κ2) is 5.04. The summed E-state index contributed by atoms with van der Waals surface area (Å²) in [5, 5.41) is 4.77. The summed E-state index contributed by atoms with van der Waals surface area (Å²) in [4.78, 5) is 5.80. The van der Waals surface area contributed by atoms with Crippen LogP contribution in [-0.4, -0.2) is 4.98 Å². The molecule has 2 atom stereocenters. The number of nitrogens with one attached hydrogen (secondary N) is 1. The quantitative estimate of drug-likeness (QED) is 0.904. The van der Waals surface area contributed by atoms with Crippen molar-refractivity contribution >= 4 is 11.3 Å². The van der Waals surface area contributed by atoms with Gasteiger partial charge in [-0.2, -0.15) is 0 Å². The van der Waals surface area contributed by atoms with Crippen LogP contribution >= 0.6 is 11.3 Å². The van der Waals surface area contributed by atoms with Crippen LogP contribution in [0.5, 0.6) is 0 Å². The highest BCUT2D eigenvalue weighted by Gasteiger charge is 2.27. The number of fused-ring (bicyclic) bond motifs is 1. The van der Waals surface area contributed by atoms with Crippen LogP contribution in [0.4, 0.5) is 0 Å². The van der Waals surface area contributed by atoms with Gasteiger partial charge in [0, 0.05) is 23.5 Å². The first-order chi connectivity index (χ1) is 9.15. The van der Waals surface area contributed by atoms with Crippen molar-refractivity contribution < 1.29 is 0 Å². The van der Waals surface area contributed by atoms with Gasteiger partial charge in [0.1, 0.15) is 0 Å². The van der Waals surface area contributed by atoms with Crippen LogP contribution in [0.3, 0.4) is 0 Å². The molecule has 0 aliphatic heterocycles. The van der Waals surface area contributed by atoms with Gasteiger partial charge in [-0.05, 0) is 31.4 Å². The third-order valence-corrected chi connectivity index (χ3v) is 4.84. The van der Waals surface area contributed by atoms with Gasteiger partial charge in [0.15, 0.2) is 0 Å². The van der Waals surface area contributed by atoms with E-state index in [9.17, 15) is 0 Å². The van der Waals surface area contributed by atoms with Crippen LogP contribution in [0.15, 0.2) is 24.3 Å². The fourth-order valence-electron chi connectivity index (χ4n) is 2.82. The second-order valence-corrected chi connectivity index (χ2v) is 6.43. The van der Waals surface area contributed by atoms with Crippen LogP contribution in [0, 0.1) is 13.8 Å². The van der Waals surface area contributed by atoms with Crippen LogP contribution in [0.1, 0.15) is 45.2 Å². The summed E-state index contributed by atoms with van der Waals surface area (Å²) in [7, 11) is 0. The zero-order chi connectivity index (χ0) is 13.4. The van der Waals surface area contributed by atoms with Gasteiger partial charge >= 0.3 is 0 Å². The summed E-state index contributed by atoms with van der Waals surface area (Å²) in [5.74, 6) is 0. The van der Waals surface area contributed by atoms with Crippen LogP contribution in [0.2, 0.25) is 0 Å². The fraction of sp³-hybridized carbons (Fsp3) is 0.400. The maximum Gasteiger partial charge on any atom is 0.0900 e. The molecule has 100 valence electrons. The van der Waals surface area contributed by atoms with E-state index in [1.54, 1.807) is 11.3 Å². The van der Waals surface area contributed by atoms with Crippen molar-refractivity contribution in [1.29, 1.82) is 0 Å². The zero-order valence-corrected chi connectivity index (χ0v) is 12.1. The van der Waals surface area contributed by atoms with Gasteiger partial charge < -0.3 is 11.1 Å². The molecule has 2 unspecified atom stereocenters. The minimum Gasteiger partial charge on any atom is -0.324 e.